The zero-order valence-corrected chi connectivity index (χ0v) is 17.1. The van der Waals surface area contributed by atoms with Crippen molar-refractivity contribution >= 4 is 11.7 Å². The highest BCUT2D eigenvalue weighted by molar-refractivity contribution is 5.76. The molecule has 0 atom stereocenters. The number of nitrogens with zero attached hydrogens (tertiary/aromatic N) is 4. The summed E-state index contributed by atoms with van der Waals surface area (Å²) in [4.78, 5) is 21.1. The molecule has 7 heteroatoms. The van der Waals surface area contributed by atoms with Crippen LogP contribution in [0.25, 0.3) is 5.82 Å². The van der Waals surface area contributed by atoms with Crippen molar-refractivity contribution in [3.05, 3.63) is 30.4 Å². The fourth-order valence-corrected chi connectivity index (χ4v) is 6.41. The molecule has 154 valence electrons. The van der Waals surface area contributed by atoms with Gasteiger partial charge in [0.05, 0.1) is 5.69 Å². The van der Waals surface area contributed by atoms with Crippen LogP contribution >= 0.6 is 0 Å². The summed E-state index contributed by atoms with van der Waals surface area (Å²) < 4.78 is 1.73. The predicted octanol–water partition coefficient (Wildman–Crippen LogP) is 3.11. The Morgan fingerprint density at radius 1 is 1.14 bits per heavy atom. The van der Waals surface area contributed by atoms with Gasteiger partial charge in [-0.1, -0.05) is 0 Å². The van der Waals surface area contributed by atoms with E-state index in [9.17, 15) is 4.79 Å². The lowest BCUT2D eigenvalue weighted by atomic mass is 9.49. The van der Waals surface area contributed by atoms with Crippen molar-refractivity contribution in [2.75, 3.05) is 18.4 Å². The SMILES string of the molecule is Cc1ccn(-c2cc(NCCNC(=O)CC34CC5CC(CC(C5)C3)C4)ncn2)n1. The Labute approximate surface area is 171 Å². The molecule has 0 spiro atoms. The van der Waals surface area contributed by atoms with E-state index in [1.807, 2.05) is 25.3 Å². The third-order valence-electron chi connectivity index (χ3n) is 7.06. The zero-order valence-electron chi connectivity index (χ0n) is 17.1. The average Bonchev–Trinajstić information content (AvgIpc) is 3.10. The van der Waals surface area contributed by atoms with Gasteiger partial charge in [-0.2, -0.15) is 5.10 Å². The molecule has 2 aromatic heterocycles. The molecule has 0 radical (unpaired) electrons. The number of anilines is 1. The van der Waals surface area contributed by atoms with Gasteiger partial charge in [0, 0.05) is 31.8 Å². The summed E-state index contributed by atoms with van der Waals surface area (Å²) in [5.41, 5.74) is 1.25. The second-order valence-corrected chi connectivity index (χ2v) is 9.53. The van der Waals surface area contributed by atoms with Gasteiger partial charge in [0.15, 0.2) is 5.82 Å². The highest BCUT2D eigenvalue weighted by Crippen LogP contribution is 2.61. The van der Waals surface area contributed by atoms with Crippen LogP contribution in [0.2, 0.25) is 0 Å². The minimum atomic E-state index is 0.212. The first-order chi connectivity index (χ1) is 14.1. The molecule has 0 unspecified atom stereocenters. The van der Waals surface area contributed by atoms with Crippen molar-refractivity contribution in [2.45, 2.75) is 51.9 Å². The Bertz CT molecular complexity index is 856. The van der Waals surface area contributed by atoms with E-state index in [1.165, 1.54) is 44.9 Å². The Kier molecular flexibility index (Phi) is 4.76. The molecule has 2 heterocycles. The van der Waals surface area contributed by atoms with Gasteiger partial charge >= 0.3 is 0 Å². The van der Waals surface area contributed by atoms with Crippen molar-refractivity contribution in [1.29, 1.82) is 0 Å². The van der Waals surface area contributed by atoms with E-state index in [2.05, 4.69) is 25.7 Å². The first kappa shape index (κ1) is 18.6. The van der Waals surface area contributed by atoms with Gasteiger partial charge in [-0.15, -0.1) is 0 Å². The van der Waals surface area contributed by atoms with Crippen LogP contribution in [0.3, 0.4) is 0 Å². The molecule has 7 nitrogen and oxygen atoms in total. The molecule has 29 heavy (non-hydrogen) atoms. The fourth-order valence-electron chi connectivity index (χ4n) is 6.41. The van der Waals surface area contributed by atoms with Gasteiger partial charge in [-0.05, 0) is 74.7 Å². The van der Waals surface area contributed by atoms with Crippen LogP contribution in [-0.4, -0.2) is 38.7 Å². The minimum absolute atomic E-state index is 0.212. The third-order valence-corrected chi connectivity index (χ3v) is 7.06. The summed E-state index contributed by atoms with van der Waals surface area (Å²) in [6, 6.07) is 3.80. The summed E-state index contributed by atoms with van der Waals surface area (Å²) in [6.45, 7) is 3.19. The summed E-state index contributed by atoms with van der Waals surface area (Å²) in [6.07, 6.45) is 12.2. The number of carbonyl (C=O) groups excluding carboxylic acids is 1. The lowest BCUT2D eigenvalue weighted by Gasteiger charge is -2.56. The molecule has 4 fully saturated rings. The maximum Gasteiger partial charge on any atom is 0.220 e. The molecule has 2 N–H and O–H groups in total. The largest absolute Gasteiger partial charge is 0.368 e. The number of hydrogen-bond acceptors (Lipinski definition) is 5. The van der Waals surface area contributed by atoms with Crippen LogP contribution in [0, 0.1) is 30.1 Å². The summed E-state index contributed by atoms with van der Waals surface area (Å²) in [5, 5.41) is 10.8. The van der Waals surface area contributed by atoms with Crippen molar-refractivity contribution in [3.63, 3.8) is 0 Å². The maximum absolute atomic E-state index is 12.6. The summed E-state index contributed by atoms with van der Waals surface area (Å²) in [5.74, 6) is 4.34. The molecular weight excluding hydrogens is 364 g/mol. The highest BCUT2D eigenvalue weighted by atomic mass is 16.1. The number of aryl methyl sites for hydroxylation is 1. The van der Waals surface area contributed by atoms with Crippen LogP contribution < -0.4 is 10.6 Å². The van der Waals surface area contributed by atoms with Crippen molar-refractivity contribution in [2.24, 2.45) is 23.2 Å². The molecule has 4 bridgehead atoms. The van der Waals surface area contributed by atoms with E-state index in [4.69, 9.17) is 0 Å². The van der Waals surface area contributed by atoms with E-state index in [0.717, 1.165) is 35.1 Å². The molecule has 2 aromatic rings. The number of hydrogen-bond donors (Lipinski definition) is 2. The Hall–Kier alpha value is -2.44. The number of amides is 1. The van der Waals surface area contributed by atoms with Crippen LogP contribution in [-0.2, 0) is 4.79 Å². The van der Waals surface area contributed by atoms with Crippen LogP contribution in [0.5, 0.6) is 0 Å². The van der Waals surface area contributed by atoms with Gasteiger partial charge in [-0.3, -0.25) is 4.79 Å². The van der Waals surface area contributed by atoms with Gasteiger partial charge in [0.25, 0.3) is 0 Å². The van der Waals surface area contributed by atoms with E-state index < -0.39 is 0 Å². The van der Waals surface area contributed by atoms with Gasteiger partial charge in [-0.25, -0.2) is 14.6 Å². The molecule has 4 aliphatic carbocycles. The molecule has 0 aliphatic heterocycles. The highest BCUT2D eigenvalue weighted by Gasteiger charge is 2.51. The standard InChI is InChI=1S/C22H30N6O/c1-15-2-5-28(27-15)20-9-19(25-14-26-20)23-3-4-24-21(29)13-22-10-16-6-17(11-22)8-18(7-16)12-22/h2,5,9,14,16-18H,3-4,6-8,10-13H2,1H3,(H,24,29)(H,23,25,26). The van der Waals surface area contributed by atoms with Crippen molar-refractivity contribution in [1.82, 2.24) is 25.1 Å². The summed E-state index contributed by atoms with van der Waals surface area (Å²) in [7, 11) is 0. The minimum Gasteiger partial charge on any atom is -0.368 e. The van der Waals surface area contributed by atoms with E-state index in [-0.39, 0.29) is 5.91 Å². The quantitative estimate of drug-likeness (QED) is 0.705. The second kappa shape index (κ2) is 7.43. The van der Waals surface area contributed by atoms with Crippen molar-refractivity contribution < 1.29 is 4.79 Å². The maximum atomic E-state index is 12.6. The molecule has 0 aromatic carbocycles. The second-order valence-electron chi connectivity index (χ2n) is 9.53. The molecule has 4 saturated carbocycles. The smallest absolute Gasteiger partial charge is 0.220 e. The lowest BCUT2D eigenvalue weighted by Crippen LogP contribution is -2.48. The predicted molar refractivity (Wildman–Crippen MR) is 111 cm³/mol. The van der Waals surface area contributed by atoms with Crippen molar-refractivity contribution in [3.8, 4) is 5.82 Å². The zero-order chi connectivity index (χ0) is 19.8. The fraction of sp³-hybridized carbons (Fsp3) is 0.636. The topological polar surface area (TPSA) is 84.7 Å². The Balaban J connectivity index is 1.09. The normalized spacial score (nSPS) is 29.8. The average molecular weight is 395 g/mol. The van der Waals surface area contributed by atoms with Crippen LogP contribution in [0.4, 0.5) is 5.82 Å². The Morgan fingerprint density at radius 2 is 1.86 bits per heavy atom. The first-order valence-corrected chi connectivity index (χ1v) is 10.9. The van der Waals surface area contributed by atoms with Gasteiger partial charge in [0.2, 0.25) is 5.91 Å². The lowest BCUT2D eigenvalue weighted by molar-refractivity contribution is -0.129. The third kappa shape index (κ3) is 4.00. The monoisotopic (exact) mass is 394 g/mol. The molecule has 1 amide bonds. The summed E-state index contributed by atoms with van der Waals surface area (Å²) >= 11 is 0. The van der Waals surface area contributed by atoms with Crippen LogP contribution in [0.15, 0.2) is 24.7 Å². The van der Waals surface area contributed by atoms with E-state index >= 15 is 0 Å². The molecule has 6 rings (SSSR count). The van der Waals surface area contributed by atoms with Crippen LogP contribution in [0.1, 0.15) is 50.6 Å². The van der Waals surface area contributed by atoms with E-state index in [0.29, 0.717) is 24.9 Å². The number of aromatic nitrogens is 4. The molecular formula is C22H30N6O. The van der Waals surface area contributed by atoms with Gasteiger partial charge in [0.1, 0.15) is 12.1 Å². The Morgan fingerprint density at radius 3 is 2.52 bits per heavy atom. The number of rotatable bonds is 7. The number of nitrogens with one attached hydrogen (secondary N) is 2. The van der Waals surface area contributed by atoms with Gasteiger partial charge < -0.3 is 10.6 Å². The first-order valence-electron chi connectivity index (χ1n) is 10.9. The van der Waals surface area contributed by atoms with E-state index in [1.54, 1.807) is 4.68 Å². The molecule has 4 aliphatic rings. The number of carbonyl (C=O) groups is 1. The molecule has 0 saturated heterocycles.